The zero-order valence-electron chi connectivity index (χ0n) is 12.5. The van der Waals surface area contributed by atoms with Crippen LogP contribution in [0.2, 0.25) is 0 Å². The van der Waals surface area contributed by atoms with Crippen LogP contribution in [0.1, 0.15) is 38.3 Å². The second-order valence-corrected chi connectivity index (χ2v) is 6.08. The zero-order valence-corrected chi connectivity index (χ0v) is 12.5. The second-order valence-electron chi connectivity index (χ2n) is 6.08. The number of hydrogen-bond acceptors (Lipinski definition) is 1. The molecule has 2 aromatic carbocycles. The van der Waals surface area contributed by atoms with Gasteiger partial charge in [-0.2, -0.15) is 5.26 Å². The van der Waals surface area contributed by atoms with Gasteiger partial charge in [0.15, 0.2) is 0 Å². The standard InChI is InChI=1S/C19H21N/c1-4-19(2,3)13-15-5-9-17(10-6-15)18-11-7-16(14-20)8-12-18/h5-12H,4,13H2,1-3H3. The maximum Gasteiger partial charge on any atom is 0.0991 e. The molecule has 0 saturated heterocycles. The second kappa shape index (κ2) is 5.92. The monoisotopic (exact) mass is 263 g/mol. The quantitative estimate of drug-likeness (QED) is 0.743. The van der Waals surface area contributed by atoms with Crippen molar-refractivity contribution in [2.45, 2.75) is 33.6 Å². The summed E-state index contributed by atoms with van der Waals surface area (Å²) in [4.78, 5) is 0. The van der Waals surface area contributed by atoms with Crippen molar-refractivity contribution in [2.75, 3.05) is 0 Å². The van der Waals surface area contributed by atoms with E-state index in [-0.39, 0.29) is 0 Å². The highest BCUT2D eigenvalue weighted by Crippen LogP contribution is 2.27. The predicted molar refractivity (Wildman–Crippen MR) is 84.4 cm³/mol. The Hall–Kier alpha value is -2.07. The number of nitriles is 1. The van der Waals surface area contributed by atoms with E-state index in [0.717, 1.165) is 12.0 Å². The maximum atomic E-state index is 8.82. The smallest absolute Gasteiger partial charge is 0.0991 e. The molecule has 0 heterocycles. The van der Waals surface area contributed by atoms with Gasteiger partial charge in [-0.25, -0.2) is 0 Å². The van der Waals surface area contributed by atoms with Gasteiger partial charge in [-0.15, -0.1) is 0 Å². The summed E-state index contributed by atoms with van der Waals surface area (Å²) in [6.07, 6.45) is 2.29. The summed E-state index contributed by atoms with van der Waals surface area (Å²) in [6, 6.07) is 18.6. The molecular formula is C19H21N. The topological polar surface area (TPSA) is 23.8 Å². The van der Waals surface area contributed by atoms with Crippen LogP contribution in [0.4, 0.5) is 0 Å². The van der Waals surface area contributed by atoms with Crippen molar-refractivity contribution in [2.24, 2.45) is 5.41 Å². The first-order valence-electron chi connectivity index (χ1n) is 7.13. The maximum absolute atomic E-state index is 8.82. The van der Waals surface area contributed by atoms with E-state index < -0.39 is 0 Å². The molecule has 2 rings (SSSR count). The Morgan fingerprint density at radius 1 is 0.900 bits per heavy atom. The molecule has 0 aromatic heterocycles. The zero-order chi connectivity index (χ0) is 14.6. The van der Waals surface area contributed by atoms with E-state index in [1.807, 2.05) is 24.3 Å². The minimum Gasteiger partial charge on any atom is -0.192 e. The van der Waals surface area contributed by atoms with E-state index in [0.29, 0.717) is 11.0 Å². The average molecular weight is 263 g/mol. The summed E-state index contributed by atoms with van der Waals surface area (Å²) in [5.74, 6) is 0. The summed E-state index contributed by atoms with van der Waals surface area (Å²) >= 11 is 0. The first-order chi connectivity index (χ1) is 9.54. The van der Waals surface area contributed by atoms with Gasteiger partial charge in [0, 0.05) is 0 Å². The van der Waals surface area contributed by atoms with E-state index >= 15 is 0 Å². The van der Waals surface area contributed by atoms with Gasteiger partial charge in [-0.3, -0.25) is 0 Å². The Morgan fingerprint density at radius 2 is 1.40 bits per heavy atom. The van der Waals surface area contributed by atoms with Gasteiger partial charge >= 0.3 is 0 Å². The van der Waals surface area contributed by atoms with Crippen molar-refractivity contribution >= 4 is 0 Å². The third-order valence-corrected chi connectivity index (χ3v) is 3.94. The van der Waals surface area contributed by atoms with Crippen LogP contribution in [0.3, 0.4) is 0 Å². The molecule has 0 saturated carbocycles. The van der Waals surface area contributed by atoms with Crippen LogP contribution in [-0.4, -0.2) is 0 Å². The molecule has 102 valence electrons. The molecule has 0 bridgehead atoms. The molecule has 0 spiro atoms. The average Bonchev–Trinajstić information content (AvgIpc) is 2.48. The number of nitrogens with zero attached hydrogens (tertiary/aromatic N) is 1. The van der Waals surface area contributed by atoms with Crippen LogP contribution in [0.25, 0.3) is 11.1 Å². The van der Waals surface area contributed by atoms with Gasteiger partial charge in [-0.05, 0) is 40.7 Å². The SMILES string of the molecule is CCC(C)(C)Cc1ccc(-c2ccc(C#N)cc2)cc1. The molecule has 0 aliphatic rings. The lowest BCUT2D eigenvalue weighted by Crippen LogP contribution is -2.13. The van der Waals surface area contributed by atoms with Gasteiger partial charge in [0.05, 0.1) is 11.6 Å². The van der Waals surface area contributed by atoms with Gasteiger partial charge in [0.2, 0.25) is 0 Å². The molecule has 0 unspecified atom stereocenters. The first kappa shape index (κ1) is 14.3. The number of hydrogen-bond donors (Lipinski definition) is 0. The molecule has 20 heavy (non-hydrogen) atoms. The highest BCUT2D eigenvalue weighted by Gasteiger charge is 2.15. The van der Waals surface area contributed by atoms with Crippen LogP contribution in [0.5, 0.6) is 0 Å². The van der Waals surface area contributed by atoms with Crippen molar-refractivity contribution in [1.29, 1.82) is 5.26 Å². The van der Waals surface area contributed by atoms with Gasteiger partial charge in [-0.1, -0.05) is 63.6 Å². The molecule has 1 nitrogen and oxygen atoms in total. The fourth-order valence-electron chi connectivity index (χ4n) is 2.23. The summed E-state index contributed by atoms with van der Waals surface area (Å²) in [5, 5.41) is 8.82. The normalized spacial score (nSPS) is 11.1. The van der Waals surface area contributed by atoms with Crippen LogP contribution in [-0.2, 0) is 6.42 Å². The van der Waals surface area contributed by atoms with E-state index in [1.165, 1.54) is 17.5 Å². The lowest BCUT2D eigenvalue weighted by atomic mass is 9.83. The van der Waals surface area contributed by atoms with Gasteiger partial charge in [0.25, 0.3) is 0 Å². The fourth-order valence-corrected chi connectivity index (χ4v) is 2.23. The van der Waals surface area contributed by atoms with Gasteiger partial charge < -0.3 is 0 Å². The highest BCUT2D eigenvalue weighted by atomic mass is 14.2. The van der Waals surface area contributed by atoms with Gasteiger partial charge in [0.1, 0.15) is 0 Å². The molecule has 0 fully saturated rings. The number of benzene rings is 2. The minimum atomic E-state index is 0.357. The van der Waals surface area contributed by atoms with E-state index in [4.69, 9.17) is 5.26 Å². The molecule has 1 heteroatoms. The van der Waals surface area contributed by atoms with Crippen molar-refractivity contribution < 1.29 is 0 Å². The third kappa shape index (κ3) is 3.48. The van der Waals surface area contributed by atoms with Crippen LogP contribution < -0.4 is 0 Å². The molecular weight excluding hydrogens is 242 g/mol. The molecule has 0 N–H and O–H groups in total. The van der Waals surface area contributed by atoms with Crippen molar-refractivity contribution in [3.05, 3.63) is 59.7 Å². The van der Waals surface area contributed by atoms with Crippen molar-refractivity contribution in [3.63, 3.8) is 0 Å². The van der Waals surface area contributed by atoms with Crippen LogP contribution in [0.15, 0.2) is 48.5 Å². The lowest BCUT2D eigenvalue weighted by Gasteiger charge is -2.22. The predicted octanol–water partition coefficient (Wildman–Crippen LogP) is 5.20. The van der Waals surface area contributed by atoms with E-state index in [2.05, 4.69) is 51.1 Å². The Morgan fingerprint density at radius 3 is 1.85 bits per heavy atom. The van der Waals surface area contributed by atoms with Crippen LogP contribution >= 0.6 is 0 Å². The minimum absolute atomic E-state index is 0.357. The first-order valence-corrected chi connectivity index (χ1v) is 7.13. The molecule has 2 aromatic rings. The Bertz CT molecular complexity index is 598. The Balaban J connectivity index is 2.17. The lowest BCUT2D eigenvalue weighted by molar-refractivity contribution is 0.349. The fraction of sp³-hybridized carbons (Fsp3) is 0.316. The summed E-state index contributed by atoms with van der Waals surface area (Å²) < 4.78 is 0. The molecule has 0 aliphatic heterocycles. The Labute approximate surface area is 121 Å². The van der Waals surface area contributed by atoms with E-state index in [9.17, 15) is 0 Å². The summed E-state index contributed by atoms with van der Waals surface area (Å²) in [7, 11) is 0. The molecule has 0 amide bonds. The summed E-state index contributed by atoms with van der Waals surface area (Å²) in [6.45, 7) is 6.86. The molecule has 0 atom stereocenters. The summed E-state index contributed by atoms with van der Waals surface area (Å²) in [5.41, 5.74) is 4.80. The number of rotatable bonds is 4. The molecule has 0 aliphatic carbocycles. The van der Waals surface area contributed by atoms with E-state index in [1.54, 1.807) is 0 Å². The largest absolute Gasteiger partial charge is 0.192 e. The van der Waals surface area contributed by atoms with Crippen molar-refractivity contribution in [3.8, 4) is 17.2 Å². The third-order valence-electron chi connectivity index (χ3n) is 3.94. The highest BCUT2D eigenvalue weighted by molar-refractivity contribution is 5.64. The van der Waals surface area contributed by atoms with Crippen molar-refractivity contribution in [1.82, 2.24) is 0 Å². The Kier molecular flexibility index (Phi) is 4.25. The molecule has 0 radical (unpaired) electrons. The van der Waals surface area contributed by atoms with Crippen LogP contribution in [0, 0.1) is 16.7 Å².